The summed E-state index contributed by atoms with van der Waals surface area (Å²) in [5, 5.41) is 3.12. The molecule has 0 radical (unpaired) electrons. The molecule has 0 aliphatic carbocycles. The molecule has 0 saturated carbocycles. The van der Waals surface area contributed by atoms with Crippen LogP contribution in [0.5, 0.6) is 0 Å². The van der Waals surface area contributed by atoms with Crippen molar-refractivity contribution >= 4 is 17.4 Å². The summed E-state index contributed by atoms with van der Waals surface area (Å²) in [5.41, 5.74) is 1.61. The van der Waals surface area contributed by atoms with Crippen molar-refractivity contribution in [1.29, 1.82) is 0 Å². The van der Waals surface area contributed by atoms with Crippen LogP contribution in [-0.4, -0.2) is 5.76 Å². The molecule has 1 aromatic carbocycles. The molecule has 20 heavy (non-hydrogen) atoms. The fourth-order valence-corrected chi connectivity index (χ4v) is 2.19. The minimum atomic E-state index is -2.40. The lowest BCUT2D eigenvalue weighted by atomic mass is 10.2. The Morgan fingerprint density at radius 2 is 1.95 bits per heavy atom. The Morgan fingerprint density at radius 3 is 2.65 bits per heavy atom. The van der Waals surface area contributed by atoms with Gasteiger partial charge in [0.2, 0.25) is 0 Å². The van der Waals surface area contributed by atoms with Crippen LogP contribution in [0.1, 0.15) is 17.1 Å². The Morgan fingerprint density at radius 1 is 1.20 bits per heavy atom. The molecule has 1 heterocycles. The standard InChI is InChI=1S/C14H14F3NOS/c1-9-6-10(15)2-5-13(9)18-7-11-3-4-12(19-11)8-20-14(16)17/h2-6,14,18H,7-8H2,1H3. The van der Waals surface area contributed by atoms with Crippen molar-refractivity contribution in [2.75, 3.05) is 5.32 Å². The molecule has 2 nitrogen and oxygen atoms in total. The second-order valence-electron chi connectivity index (χ2n) is 4.25. The summed E-state index contributed by atoms with van der Waals surface area (Å²) in [6.45, 7) is 2.23. The van der Waals surface area contributed by atoms with Gasteiger partial charge >= 0.3 is 0 Å². The molecule has 1 aromatic heterocycles. The van der Waals surface area contributed by atoms with E-state index in [4.69, 9.17) is 4.42 Å². The van der Waals surface area contributed by atoms with Crippen molar-refractivity contribution in [3.8, 4) is 0 Å². The summed E-state index contributed by atoms with van der Waals surface area (Å²) >= 11 is 0.527. The van der Waals surface area contributed by atoms with E-state index in [1.807, 2.05) is 0 Å². The van der Waals surface area contributed by atoms with E-state index in [2.05, 4.69) is 5.32 Å². The molecular weight excluding hydrogens is 287 g/mol. The zero-order valence-corrected chi connectivity index (χ0v) is 11.6. The molecule has 0 unspecified atom stereocenters. The first kappa shape index (κ1) is 14.8. The molecule has 0 amide bonds. The van der Waals surface area contributed by atoms with Gasteiger partial charge in [-0.3, -0.25) is 0 Å². The highest BCUT2D eigenvalue weighted by Crippen LogP contribution is 2.22. The molecule has 0 bridgehead atoms. The fraction of sp³-hybridized carbons (Fsp3) is 0.286. The largest absolute Gasteiger partial charge is 0.463 e. The number of nitrogens with one attached hydrogen (secondary N) is 1. The van der Waals surface area contributed by atoms with Gasteiger partial charge in [0.15, 0.2) is 0 Å². The highest BCUT2D eigenvalue weighted by atomic mass is 32.2. The van der Waals surface area contributed by atoms with E-state index >= 15 is 0 Å². The zero-order chi connectivity index (χ0) is 14.5. The Labute approximate surface area is 119 Å². The van der Waals surface area contributed by atoms with Gasteiger partial charge in [-0.05, 0) is 42.8 Å². The van der Waals surface area contributed by atoms with Crippen molar-refractivity contribution in [2.45, 2.75) is 25.0 Å². The number of anilines is 1. The van der Waals surface area contributed by atoms with Gasteiger partial charge in [-0.1, -0.05) is 11.8 Å². The first-order valence-corrected chi connectivity index (χ1v) is 7.07. The molecule has 2 rings (SSSR count). The molecule has 1 N–H and O–H groups in total. The molecule has 2 aromatic rings. The van der Waals surface area contributed by atoms with Crippen LogP contribution in [-0.2, 0) is 12.3 Å². The van der Waals surface area contributed by atoms with Crippen LogP contribution in [0, 0.1) is 12.7 Å². The van der Waals surface area contributed by atoms with Crippen molar-refractivity contribution in [3.05, 3.63) is 53.2 Å². The van der Waals surface area contributed by atoms with Gasteiger partial charge in [-0.15, -0.1) is 0 Å². The molecule has 0 saturated heterocycles. The van der Waals surface area contributed by atoms with Crippen molar-refractivity contribution in [1.82, 2.24) is 0 Å². The second-order valence-corrected chi connectivity index (χ2v) is 5.23. The van der Waals surface area contributed by atoms with Gasteiger partial charge in [0.25, 0.3) is 5.76 Å². The topological polar surface area (TPSA) is 25.2 Å². The van der Waals surface area contributed by atoms with Crippen LogP contribution in [0.3, 0.4) is 0 Å². The molecule has 0 fully saturated rings. The maximum absolute atomic E-state index is 13.0. The van der Waals surface area contributed by atoms with Crippen molar-refractivity contribution < 1.29 is 17.6 Å². The van der Waals surface area contributed by atoms with Gasteiger partial charge in [0.05, 0.1) is 12.3 Å². The molecular formula is C14H14F3NOS. The lowest BCUT2D eigenvalue weighted by molar-refractivity contribution is 0.251. The van der Waals surface area contributed by atoms with Gasteiger partial charge in [0.1, 0.15) is 17.3 Å². The Bertz CT molecular complexity index is 571. The summed E-state index contributed by atoms with van der Waals surface area (Å²) < 4.78 is 42.5. The summed E-state index contributed by atoms with van der Waals surface area (Å²) in [6, 6.07) is 7.90. The number of aryl methyl sites for hydroxylation is 1. The summed E-state index contributed by atoms with van der Waals surface area (Å²) in [4.78, 5) is 0. The quantitative estimate of drug-likeness (QED) is 0.830. The maximum atomic E-state index is 13.0. The molecule has 0 atom stereocenters. The molecule has 108 valence electrons. The summed E-state index contributed by atoms with van der Waals surface area (Å²) in [5.74, 6) is -1.37. The molecule has 0 spiro atoms. The number of furan rings is 1. The van der Waals surface area contributed by atoms with Crippen LogP contribution in [0.15, 0.2) is 34.7 Å². The predicted molar refractivity (Wildman–Crippen MR) is 74.5 cm³/mol. The van der Waals surface area contributed by atoms with Gasteiger partial charge in [-0.25, -0.2) is 4.39 Å². The minimum absolute atomic E-state index is 0.146. The van der Waals surface area contributed by atoms with E-state index in [9.17, 15) is 13.2 Å². The summed E-state index contributed by atoms with van der Waals surface area (Å²) in [6.07, 6.45) is 0. The van der Waals surface area contributed by atoms with Gasteiger partial charge in [0, 0.05) is 5.69 Å². The normalized spacial score (nSPS) is 11.1. The van der Waals surface area contributed by atoms with E-state index in [0.717, 1.165) is 11.3 Å². The number of rotatable bonds is 6. The van der Waals surface area contributed by atoms with E-state index in [1.165, 1.54) is 12.1 Å². The van der Waals surface area contributed by atoms with Gasteiger partial charge in [-0.2, -0.15) is 8.78 Å². The number of thioether (sulfide) groups is 1. The smallest absolute Gasteiger partial charge is 0.284 e. The number of hydrogen-bond donors (Lipinski definition) is 1. The lowest BCUT2D eigenvalue weighted by Crippen LogP contribution is -2.00. The first-order valence-electron chi connectivity index (χ1n) is 6.02. The minimum Gasteiger partial charge on any atom is -0.463 e. The number of hydrogen-bond acceptors (Lipinski definition) is 3. The number of alkyl halides is 2. The Balaban J connectivity index is 1.90. The average molecular weight is 301 g/mol. The zero-order valence-electron chi connectivity index (χ0n) is 10.8. The fourth-order valence-electron chi connectivity index (χ4n) is 1.75. The Hall–Kier alpha value is -1.56. The number of benzene rings is 1. The molecule has 0 aliphatic rings. The monoisotopic (exact) mass is 301 g/mol. The van der Waals surface area contributed by atoms with Crippen LogP contribution in [0.4, 0.5) is 18.9 Å². The average Bonchev–Trinajstić information content (AvgIpc) is 2.83. The lowest BCUT2D eigenvalue weighted by Gasteiger charge is -2.07. The SMILES string of the molecule is Cc1cc(F)ccc1NCc1ccc(CSC(F)F)o1. The van der Waals surface area contributed by atoms with Crippen LogP contribution >= 0.6 is 11.8 Å². The molecule has 0 aliphatic heterocycles. The van der Waals surface area contributed by atoms with Crippen LogP contribution in [0.2, 0.25) is 0 Å². The highest BCUT2D eigenvalue weighted by Gasteiger charge is 2.07. The van der Waals surface area contributed by atoms with Crippen molar-refractivity contribution in [2.24, 2.45) is 0 Å². The highest BCUT2D eigenvalue weighted by molar-refractivity contribution is 7.98. The van der Waals surface area contributed by atoms with Crippen LogP contribution < -0.4 is 5.32 Å². The maximum Gasteiger partial charge on any atom is 0.284 e. The predicted octanol–water partition coefficient (Wildman–Crippen LogP) is 4.80. The second kappa shape index (κ2) is 6.74. The van der Waals surface area contributed by atoms with Crippen LogP contribution in [0.25, 0.3) is 0 Å². The number of halogens is 3. The third kappa shape index (κ3) is 4.23. The van der Waals surface area contributed by atoms with E-state index in [-0.39, 0.29) is 11.6 Å². The Kier molecular flexibility index (Phi) is 5.00. The third-order valence-corrected chi connectivity index (χ3v) is 3.41. The van der Waals surface area contributed by atoms with E-state index < -0.39 is 5.76 Å². The van der Waals surface area contributed by atoms with Crippen molar-refractivity contribution in [3.63, 3.8) is 0 Å². The molecule has 6 heteroatoms. The summed E-state index contributed by atoms with van der Waals surface area (Å²) in [7, 11) is 0. The van der Waals surface area contributed by atoms with E-state index in [0.29, 0.717) is 29.8 Å². The van der Waals surface area contributed by atoms with Gasteiger partial charge < -0.3 is 9.73 Å². The first-order chi connectivity index (χ1) is 9.54. The van der Waals surface area contributed by atoms with E-state index in [1.54, 1.807) is 25.1 Å². The third-order valence-electron chi connectivity index (χ3n) is 2.71.